The molecular formula is C12H26N2. The molecule has 1 aliphatic rings. The van der Waals surface area contributed by atoms with E-state index in [1.165, 1.54) is 39.1 Å². The van der Waals surface area contributed by atoms with Crippen molar-refractivity contribution in [2.45, 2.75) is 27.2 Å². The molecule has 84 valence electrons. The van der Waals surface area contributed by atoms with Crippen LogP contribution < -0.4 is 0 Å². The van der Waals surface area contributed by atoms with Gasteiger partial charge < -0.3 is 9.80 Å². The summed E-state index contributed by atoms with van der Waals surface area (Å²) in [7, 11) is 2.25. The molecule has 1 heterocycles. The highest BCUT2D eigenvalue weighted by Crippen LogP contribution is 2.16. The van der Waals surface area contributed by atoms with Crippen LogP contribution in [0.5, 0.6) is 0 Å². The van der Waals surface area contributed by atoms with Crippen molar-refractivity contribution in [1.29, 1.82) is 0 Å². The van der Waals surface area contributed by atoms with E-state index in [1.54, 1.807) is 0 Å². The van der Waals surface area contributed by atoms with Crippen LogP contribution in [0.2, 0.25) is 0 Å². The zero-order chi connectivity index (χ0) is 10.6. The van der Waals surface area contributed by atoms with Gasteiger partial charge in [0.25, 0.3) is 0 Å². The number of rotatable bonds is 6. The van der Waals surface area contributed by atoms with Gasteiger partial charge in [-0.2, -0.15) is 0 Å². The summed E-state index contributed by atoms with van der Waals surface area (Å²) >= 11 is 0. The highest BCUT2D eigenvalue weighted by molar-refractivity contribution is 4.81. The second kappa shape index (κ2) is 5.72. The van der Waals surface area contributed by atoms with E-state index in [-0.39, 0.29) is 0 Å². The smallest absolute Gasteiger partial charge is 0.00343 e. The van der Waals surface area contributed by atoms with Gasteiger partial charge in [-0.15, -0.1) is 0 Å². The normalized spacial score (nSPS) is 19.3. The van der Waals surface area contributed by atoms with Crippen molar-refractivity contribution >= 4 is 0 Å². The molecule has 0 aliphatic carbocycles. The van der Waals surface area contributed by atoms with E-state index in [9.17, 15) is 0 Å². The van der Waals surface area contributed by atoms with E-state index in [0.29, 0.717) is 0 Å². The van der Waals surface area contributed by atoms with Gasteiger partial charge in [-0.05, 0) is 31.8 Å². The molecule has 1 rings (SSSR count). The van der Waals surface area contributed by atoms with Crippen LogP contribution in [0.25, 0.3) is 0 Å². The van der Waals surface area contributed by atoms with Crippen LogP contribution in [0.15, 0.2) is 0 Å². The van der Waals surface area contributed by atoms with E-state index in [1.807, 2.05) is 0 Å². The Morgan fingerprint density at radius 1 is 1.36 bits per heavy atom. The van der Waals surface area contributed by atoms with E-state index in [2.05, 4.69) is 37.6 Å². The highest BCUT2D eigenvalue weighted by atomic mass is 15.2. The summed E-state index contributed by atoms with van der Waals surface area (Å²) in [5.74, 6) is 1.73. The predicted molar refractivity (Wildman–Crippen MR) is 62.6 cm³/mol. The molecule has 0 atom stereocenters. The molecule has 0 aromatic heterocycles. The van der Waals surface area contributed by atoms with Crippen LogP contribution in [-0.4, -0.2) is 49.6 Å². The monoisotopic (exact) mass is 198 g/mol. The lowest BCUT2D eigenvalue weighted by molar-refractivity contribution is 0.0718. The fourth-order valence-electron chi connectivity index (χ4n) is 2.43. The number of hydrogen-bond donors (Lipinski definition) is 0. The first-order valence-electron chi connectivity index (χ1n) is 6.02. The van der Waals surface area contributed by atoms with Crippen molar-refractivity contribution in [3.63, 3.8) is 0 Å². The molecule has 1 fully saturated rings. The molecule has 14 heavy (non-hydrogen) atoms. The molecular weight excluding hydrogens is 172 g/mol. The highest BCUT2D eigenvalue weighted by Gasteiger charge is 2.26. The lowest BCUT2D eigenvalue weighted by Gasteiger charge is -2.41. The van der Waals surface area contributed by atoms with Crippen LogP contribution >= 0.6 is 0 Å². The first-order chi connectivity index (χ1) is 6.61. The van der Waals surface area contributed by atoms with Gasteiger partial charge in [0, 0.05) is 26.2 Å². The number of likely N-dealkylation sites (tertiary alicyclic amines) is 1. The van der Waals surface area contributed by atoms with Crippen LogP contribution in [0.1, 0.15) is 27.2 Å². The van der Waals surface area contributed by atoms with Gasteiger partial charge in [0.15, 0.2) is 0 Å². The maximum atomic E-state index is 2.56. The number of nitrogens with zero attached hydrogens (tertiary/aromatic N) is 2. The lowest BCUT2D eigenvalue weighted by atomic mass is 9.99. The average Bonchev–Trinajstić information content (AvgIpc) is 1.99. The second-order valence-corrected chi connectivity index (χ2v) is 5.24. The third kappa shape index (κ3) is 3.97. The first-order valence-corrected chi connectivity index (χ1v) is 6.02. The van der Waals surface area contributed by atoms with Crippen LogP contribution in [0.3, 0.4) is 0 Å². The Labute approximate surface area is 89.3 Å². The summed E-state index contributed by atoms with van der Waals surface area (Å²) in [6, 6.07) is 0. The quantitative estimate of drug-likeness (QED) is 0.643. The Balaban J connectivity index is 2.04. The topological polar surface area (TPSA) is 6.48 Å². The van der Waals surface area contributed by atoms with Crippen molar-refractivity contribution in [2.75, 3.05) is 39.8 Å². The van der Waals surface area contributed by atoms with Gasteiger partial charge in [0.05, 0.1) is 0 Å². The Kier molecular flexibility index (Phi) is 4.90. The summed E-state index contributed by atoms with van der Waals surface area (Å²) in [6.07, 6.45) is 1.30. The molecule has 0 spiro atoms. The number of hydrogen-bond acceptors (Lipinski definition) is 2. The third-order valence-electron chi connectivity index (χ3n) is 2.82. The Hall–Kier alpha value is -0.0800. The van der Waals surface area contributed by atoms with E-state index in [0.717, 1.165) is 11.8 Å². The fraction of sp³-hybridized carbons (Fsp3) is 1.00. The van der Waals surface area contributed by atoms with Crippen LogP contribution in [-0.2, 0) is 0 Å². The molecule has 0 aromatic rings. The third-order valence-corrected chi connectivity index (χ3v) is 2.82. The molecule has 0 radical (unpaired) electrons. The largest absolute Gasteiger partial charge is 0.306 e. The molecule has 0 N–H and O–H groups in total. The molecule has 0 aromatic carbocycles. The van der Waals surface area contributed by atoms with Crippen LogP contribution in [0, 0.1) is 11.8 Å². The first kappa shape index (κ1) is 12.0. The molecule has 0 bridgehead atoms. The van der Waals surface area contributed by atoms with Gasteiger partial charge in [0.2, 0.25) is 0 Å². The standard InChI is InChI=1S/C12H26N2/c1-5-6-14-9-12(10-14)8-13(4)7-11(2)3/h11-12H,5-10H2,1-4H3. The molecule has 0 amide bonds. The lowest BCUT2D eigenvalue weighted by Crippen LogP contribution is -2.51. The minimum atomic E-state index is 0.798. The van der Waals surface area contributed by atoms with E-state index >= 15 is 0 Å². The zero-order valence-corrected chi connectivity index (χ0v) is 10.3. The van der Waals surface area contributed by atoms with Gasteiger partial charge >= 0.3 is 0 Å². The fourth-order valence-corrected chi connectivity index (χ4v) is 2.43. The van der Waals surface area contributed by atoms with E-state index < -0.39 is 0 Å². The van der Waals surface area contributed by atoms with E-state index in [4.69, 9.17) is 0 Å². The minimum absolute atomic E-state index is 0.798. The summed E-state index contributed by atoms with van der Waals surface area (Å²) in [4.78, 5) is 5.05. The van der Waals surface area contributed by atoms with Gasteiger partial charge in [-0.3, -0.25) is 0 Å². The molecule has 2 heteroatoms. The van der Waals surface area contributed by atoms with Gasteiger partial charge in [-0.1, -0.05) is 20.8 Å². The van der Waals surface area contributed by atoms with Crippen molar-refractivity contribution in [2.24, 2.45) is 11.8 Å². The predicted octanol–water partition coefficient (Wildman–Crippen LogP) is 1.92. The SMILES string of the molecule is CCCN1CC(CN(C)CC(C)C)C1. The molecule has 2 nitrogen and oxygen atoms in total. The van der Waals surface area contributed by atoms with Crippen LogP contribution in [0.4, 0.5) is 0 Å². The zero-order valence-electron chi connectivity index (χ0n) is 10.3. The molecule has 1 saturated heterocycles. The minimum Gasteiger partial charge on any atom is -0.306 e. The maximum absolute atomic E-state index is 2.56. The van der Waals surface area contributed by atoms with Gasteiger partial charge in [0.1, 0.15) is 0 Å². The second-order valence-electron chi connectivity index (χ2n) is 5.24. The molecule has 0 saturated carbocycles. The summed E-state index contributed by atoms with van der Waals surface area (Å²) in [5.41, 5.74) is 0. The van der Waals surface area contributed by atoms with Crippen molar-refractivity contribution < 1.29 is 0 Å². The Morgan fingerprint density at radius 3 is 2.50 bits per heavy atom. The molecule has 1 aliphatic heterocycles. The summed E-state index contributed by atoms with van der Waals surface area (Å²) < 4.78 is 0. The summed E-state index contributed by atoms with van der Waals surface area (Å²) in [6.45, 7) is 13.3. The van der Waals surface area contributed by atoms with Crippen molar-refractivity contribution in [1.82, 2.24) is 9.80 Å². The van der Waals surface area contributed by atoms with Crippen molar-refractivity contribution in [3.05, 3.63) is 0 Å². The van der Waals surface area contributed by atoms with Crippen molar-refractivity contribution in [3.8, 4) is 0 Å². The maximum Gasteiger partial charge on any atom is 0.00343 e. The molecule has 0 unspecified atom stereocenters. The average molecular weight is 198 g/mol. The Bertz CT molecular complexity index is 150. The summed E-state index contributed by atoms with van der Waals surface area (Å²) in [5, 5.41) is 0. The van der Waals surface area contributed by atoms with Gasteiger partial charge in [-0.25, -0.2) is 0 Å². The Morgan fingerprint density at radius 2 is 2.00 bits per heavy atom.